The Morgan fingerprint density at radius 2 is 2.50 bits per heavy atom. The van der Waals surface area contributed by atoms with E-state index in [0.29, 0.717) is 6.54 Å². The number of amides is 1. The minimum atomic E-state index is 0.00255. The summed E-state index contributed by atoms with van der Waals surface area (Å²) in [6.07, 6.45) is 1.67. The minimum absolute atomic E-state index is 0.00255. The molecule has 0 radical (unpaired) electrons. The second-order valence-corrected chi connectivity index (χ2v) is 2.47. The molecule has 1 N–H and O–H groups in total. The fourth-order valence-electron chi connectivity index (χ4n) is 0.670. The first-order chi connectivity index (χ1) is 4.72. The molecule has 1 aliphatic rings. The molecule has 10 heavy (non-hydrogen) atoms. The highest BCUT2D eigenvalue weighted by Gasteiger charge is 2.17. The molecule has 1 aliphatic heterocycles. The number of nitrogens with one attached hydrogen (secondary N) is 1. The van der Waals surface area contributed by atoms with Gasteiger partial charge in [0.15, 0.2) is 0 Å². The van der Waals surface area contributed by atoms with E-state index in [2.05, 4.69) is 10.5 Å². The standard InChI is InChI=1S/C6H11N3O/c1-5(2)6(10)9-7-3-4-8-9/h3,5,8H,4H2,1-2H3. The SMILES string of the molecule is CC(C)C(=O)N1N=CCN1. The van der Waals surface area contributed by atoms with Gasteiger partial charge in [0.1, 0.15) is 0 Å². The van der Waals surface area contributed by atoms with Gasteiger partial charge in [-0.2, -0.15) is 10.2 Å². The molecule has 0 spiro atoms. The van der Waals surface area contributed by atoms with Crippen molar-refractivity contribution in [1.29, 1.82) is 0 Å². The van der Waals surface area contributed by atoms with Crippen LogP contribution in [0.3, 0.4) is 0 Å². The van der Waals surface area contributed by atoms with Gasteiger partial charge in [-0.05, 0) is 0 Å². The zero-order valence-corrected chi connectivity index (χ0v) is 6.16. The van der Waals surface area contributed by atoms with E-state index in [9.17, 15) is 4.79 Å². The van der Waals surface area contributed by atoms with Crippen molar-refractivity contribution in [1.82, 2.24) is 10.5 Å². The van der Waals surface area contributed by atoms with Crippen LogP contribution in [0, 0.1) is 5.92 Å². The Kier molecular flexibility index (Phi) is 2.01. The number of hydrazone groups is 1. The van der Waals surface area contributed by atoms with Crippen molar-refractivity contribution in [2.24, 2.45) is 11.0 Å². The lowest BCUT2D eigenvalue weighted by molar-refractivity contribution is -0.136. The van der Waals surface area contributed by atoms with Gasteiger partial charge in [0, 0.05) is 12.1 Å². The van der Waals surface area contributed by atoms with Crippen molar-refractivity contribution >= 4 is 12.1 Å². The number of hydrogen-bond donors (Lipinski definition) is 1. The third-order valence-corrected chi connectivity index (χ3v) is 1.23. The van der Waals surface area contributed by atoms with E-state index in [4.69, 9.17) is 0 Å². The van der Waals surface area contributed by atoms with Gasteiger partial charge in [-0.15, -0.1) is 0 Å². The highest BCUT2D eigenvalue weighted by molar-refractivity contribution is 5.79. The first-order valence-corrected chi connectivity index (χ1v) is 3.31. The average Bonchev–Trinajstić information content (AvgIpc) is 2.36. The van der Waals surface area contributed by atoms with Crippen LogP contribution in [0.1, 0.15) is 13.8 Å². The van der Waals surface area contributed by atoms with Crippen LogP contribution in [0.25, 0.3) is 0 Å². The first kappa shape index (κ1) is 7.21. The number of carbonyl (C=O) groups is 1. The maximum atomic E-state index is 11.1. The molecule has 0 bridgehead atoms. The summed E-state index contributed by atoms with van der Waals surface area (Å²) in [6.45, 7) is 4.34. The third kappa shape index (κ3) is 1.33. The number of carbonyl (C=O) groups excluding carboxylic acids is 1. The quantitative estimate of drug-likeness (QED) is 0.557. The average molecular weight is 141 g/mol. The Labute approximate surface area is 59.9 Å². The Balaban J connectivity index is 2.49. The summed E-state index contributed by atoms with van der Waals surface area (Å²) in [5.74, 6) is 0.0106. The minimum Gasteiger partial charge on any atom is -0.271 e. The number of rotatable bonds is 1. The zero-order valence-electron chi connectivity index (χ0n) is 6.16. The van der Waals surface area contributed by atoms with Crippen molar-refractivity contribution in [2.45, 2.75) is 13.8 Å². The van der Waals surface area contributed by atoms with Crippen LogP contribution in [-0.2, 0) is 4.79 Å². The molecule has 56 valence electrons. The molecule has 0 saturated carbocycles. The number of hydrazine groups is 1. The molecule has 4 heteroatoms. The van der Waals surface area contributed by atoms with Gasteiger partial charge in [0.2, 0.25) is 0 Å². The molecular formula is C6H11N3O. The maximum Gasteiger partial charge on any atom is 0.260 e. The van der Waals surface area contributed by atoms with E-state index >= 15 is 0 Å². The van der Waals surface area contributed by atoms with Crippen LogP contribution in [-0.4, -0.2) is 23.8 Å². The van der Waals surface area contributed by atoms with Crippen molar-refractivity contribution < 1.29 is 4.79 Å². The molecule has 1 amide bonds. The smallest absolute Gasteiger partial charge is 0.260 e. The van der Waals surface area contributed by atoms with Crippen LogP contribution in [0.5, 0.6) is 0 Å². The fourth-order valence-corrected chi connectivity index (χ4v) is 0.670. The molecular weight excluding hydrogens is 130 g/mol. The lowest BCUT2D eigenvalue weighted by Crippen LogP contribution is -2.37. The second kappa shape index (κ2) is 2.79. The predicted octanol–water partition coefficient (Wildman–Crippen LogP) is -0.0250. The summed E-state index contributed by atoms with van der Waals surface area (Å²) in [7, 11) is 0. The van der Waals surface area contributed by atoms with Crippen LogP contribution in [0.15, 0.2) is 5.10 Å². The Hall–Kier alpha value is -0.900. The van der Waals surface area contributed by atoms with E-state index in [1.54, 1.807) is 6.21 Å². The summed E-state index contributed by atoms with van der Waals surface area (Å²) in [6, 6.07) is 0. The largest absolute Gasteiger partial charge is 0.271 e. The molecule has 1 heterocycles. The van der Waals surface area contributed by atoms with Crippen molar-refractivity contribution in [3.63, 3.8) is 0 Å². The van der Waals surface area contributed by atoms with Crippen molar-refractivity contribution in [3.8, 4) is 0 Å². The molecule has 0 saturated heterocycles. The predicted molar refractivity (Wildman–Crippen MR) is 38.2 cm³/mol. The van der Waals surface area contributed by atoms with Gasteiger partial charge in [-0.25, -0.2) is 5.43 Å². The molecule has 0 aliphatic carbocycles. The summed E-state index contributed by atoms with van der Waals surface area (Å²) >= 11 is 0. The Morgan fingerprint density at radius 1 is 1.80 bits per heavy atom. The topological polar surface area (TPSA) is 44.7 Å². The van der Waals surface area contributed by atoms with Crippen LogP contribution in [0.2, 0.25) is 0 Å². The summed E-state index contributed by atoms with van der Waals surface area (Å²) < 4.78 is 0. The van der Waals surface area contributed by atoms with Gasteiger partial charge in [-0.3, -0.25) is 4.79 Å². The van der Waals surface area contributed by atoms with E-state index < -0.39 is 0 Å². The zero-order chi connectivity index (χ0) is 7.56. The first-order valence-electron chi connectivity index (χ1n) is 3.31. The Morgan fingerprint density at radius 3 is 2.90 bits per heavy atom. The summed E-state index contributed by atoms with van der Waals surface area (Å²) in [5.41, 5.74) is 2.80. The molecule has 1 rings (SSSR count). The van der Waals surface area contributed by atoms with Gasteiger partial charge in [0.05, 0.1) is 6.54 Å². The van der Waals surface area contributed by atoms with E-state index in [-0.39, 0.29) is 11.8 Å². The summed E-state index contributed by atoms with van der Waals surface area (Å²) in [5, 5.41) is 5.09. The second-order valence-electron chi connectivity index (χ2n) is 2.47. The van der Waals surface area contributed by atoms with Crippen LogP contribution < -0.4 is 5.43 Å². The monoisotopic (exact) mass is 141 g/mol. The van der Waals surface area contributed by atoms with E-state index in [1.165, 1.54) is 5.12 Å². The highest BCUT2D eigenvalue weighted by Crippen LogP contribution is 2.00. The lowest BCUT2D eigenvalue weighted by Gasteiger charge is -2.13. The normalized spacial score (nSPS) is 16.9. The highest BCUT2D eigenvalue weighted by atomic mass is 16.2. The third-order valence-electron chi connectivity index (χ3n) is 1.23. The van der Waals surface area contributed by atoms with E-state index in [1.807, 2.05) is 13.8 Å². The van der Waals surface area contributed by atoms with Gasteiger partial charge in [0.25, 0.3) is 5.91 Å². The van der Waals surface area contributed by atoms with Crippen LogP contribution in [0.4, 0.5) is 0 Å². The molecule has 0 atom stereocenters. The lowest BCUT2D eigenvalue weighted by atomic mass is 10.2. The van der Waals surface area contributed by atoms with Gasteiger partial charge in [-0.1, -0.05) is 13.8 Å². The fraction of sp³-hybridized carbons (Fsp3) is 0.667. The molecule has 0 aromatic heterocycles. The number of hydrogen-bond acceptors (Lipinski definition) is 3. The molecule has 0 aromatic rings. The molecule has 0 fully saturated rings. The van der Waals surface area contributed by atoms with E-state index in [0.717, 1.165) is 0 Å². The van der Waals surface area contributed by atoms with Gasteiger partial charge < -0.3 is 0 Å². The molecule has 0 aromatic carbocycles. The van der Waals surface area contributed by atoms with Crippen molar-refractivity contribution in [2.75, 3.05) is 6.54 Å². The van der Waals surface area contributed by atoms with Crippen molar-refractivity contribution in [3.05, 3.63) is 0 Å². The van der Waals surface area contributed by atoms with Gasteiger partial charge >= 0.3 is 0 Å². The van der Waals surface area contributed by atoms with Crippen LogP contribution >= 0.6 is 0 Å². The maximum absolute atomic E-state index is 11.1. The summed E-state index contributed by atoms with van der Waals surface area (Å²) in [4.78, 5) is 11.1. The Bertz CT molecular complexity index is 164. The number of nitrogens with zero attached hydrogens (tertiary/aromatic N) is 2. The molecule has 0 unspecified atom stereocenters. The molecule has 4 nitrogen and oxygen atoms in total.